The maximum atomic E-state index is 11.0. The molecule has 2 rings (SSSR count). The third kappa shape index (κ3) is 3.99. The molecule has 0 aliphatic carbocycles. The maximum Gasteiger partial charge on any atom is 0.311 e. The Bertz CT molecular complexity index is 669. The van der Waals surface area contributed by atoms with Gasteiger partial charge in [-0.15, -0.1) is 11.3 Å². The van der Waals surface area contributed by atoms with Gasteiger partial charge in [0, 0.05) is 17.0 Å². The van der Waals surface area contributed by atoms with Gasteiger partial charge in [0.1, 0.15) is 0 Å². The van der Waals surface area contributed by atoms with E-state index in [9.17, 15) is 10.1 Å². The molecule has 8 heteroatoms. The fourth-order valence-electron chi connectivity index (χ4n) is 1.60. The number of thiazole rings is 1. The second-order valence-electron chi connectivity index (χ2n) is 4.08. The van der Waals surface area contributed by atoms with Gasteiger partial charge >= 0.3 is 5.69 Å². The van der Waals surface area contributed by atoms with E-state index in [-0.39, 0.29) is 11.4 Å². The summed E-state index contributed by atoms with van der Waals surface area (Å²) < 4.78 is 5.22. The molecule has 1 aromatic carbocycles. The van der Waals surface area contributed by atoms with Gasteiger partial charge in [0.25, 0.3) is 0 Å². The van der Waals surface area contributed by atoms with Crippen molar-refractivity contribution in [1.29, 1.82) is 0 Å². The zero-order chi connectivity index (χ0) is 15.2. The number of anilines is 1. The minimum Gasteiger partial charge on any atom is -0.487 e. The summed E-state index contributed by atoms with van der Waals surface area (Å²) in [6.45, 7) is 4.04. The molecule has 1 N–H and O–H groups in total. The van der Waals surface area contributed by atoms with Gasteiger partial charge in [-0.1, -0.05) is 0 Å². The summed E-state index contributed by atoms with van der Waals surface area (Å²) in [6, 6.07) is 4.69. The quantitative estimate of drug-likeness (QED) is 0.503. The molecule has 0 atom stereocenters. The molecule has 0 aliphatic heterocycles. The van der Waals surface area contributed by atoms with Gasteiger partial charge in [-0.3, -0.25) is 15.5 Å². The molecule has 0 unspecified atom stereocenters. The highest BCUT2D eigenvalue weighted by atomic mass is 32.1. The van der Waals surface area contributed by atoms with Crippen molar-refractivity contribution in [3.05, 3.63) is 45.0 Å². The first kappa shape index (κ1) is 14.9. The van der Waals surface area contributed by atoms with E-state index in [1.54, 1.807) is 19.1 Å². The van der Waals surface area contributed by atoms with Crippen molar-refractivity contribution in [3.63, 3.8) is 0 Å². The van der Waals surface area contributed by atoms with Gasteiger partial charge in [0.15, 0.2) is 5.75 Å². The van der Waals surface area contributed by atoms with Crippen LogP contribution in [0.5, 0.6) is 5.75 Å². The minimum atomic E-state index is -0.472. The molecular weight excluding hydrogens is 292 g/mol. The summed E-state index contributed by atoms with van der Waals surface area (Å²) in [4.78, 5) is 14.7. The summed E-state index contributed by atoms with van der Waals surface area (Å²) in [6.07, 6.45) is 1.50. The van der Waals surface area contributed by atoms with Crippen molar-refractivity contribution in [1.82, 2.24) is 4.98 Å². The van der Waals surface area contributed by atoms with Crippen molar-refractivity contribution in [3.8, 4) is 5.75 Å². The Kier molecular flexibility index (Phi) is 4.83. The molecule has 0 fully saturated rings. The highest BCUT2D eigenvalue weighted by Gasteiger charge is 2.15. The molecular formula is C13H14N4O3S. The van der Waals surface area contributed by atoms with Crippen molar-refractivity contribution < 1.29 is 9.66 Å². The number of nitrogens with zero attached hydrogens (tertiary/aromatic N) is 3. The highest BCUT2D eigenvalue weighted by molar-refractivity contribution is 7.13. The second kappa shape index (κ2) is 6.80. The first-order chi connectivity index (χ1) is 10.1. The van der Waals surface area contributed by atoms with Crippen LogP contribution in [0.2, 0.25) is 0 Å². The van der Waals surface area contributed by atoms with Crippen LogP contribution in [0.1, 0.15) is 18.2 Å². The number of ether oxygens (including phenoxy) is 1. The van der Waals surface area contributed by atoms with Gasteiger partial charge in [0.2, 0.25) is 5.13 Å². The number of nitro benzene ring substituents is 1. The van der Waals surface area contributed by atoms with Gasteiger partial charge in [-0.2, -0.15) is 5.10 Å². The average Bonchev–Trinajstić information content (AvgIpc) is 2.86. The molecule has 0 spiro atoms. The van der Waals surface area contributed by atoms with Crippen LogP contribution in [0, 0.1) is 17.0 Å². The van der Waals surface area contributed by atoms with E-state index in [4.69, 9.17) is 4.74 Å². The van der Waals surface area contributed by atoms with Crippen molar-refractivity contribution in [2.24, 2.45) is 5.10 Å². The lowest BCUT2D eigenvalue weighted by Gasteiger charge is -2.04. The molecule has 0 bridgehead atoms. The third-order valence-electron chi connectivity index (χ3n) is 2.47. The predicted octanol–water partition coefficient (Wildman–Crippen LogP) is 3.20. The molecule has 0 saturated carbocycles. The zero-order valence-electron chi connectivity index (χ0n) is 11.6. The number of nitro groups is 1. The molecule has 1 heterocycles. The lowest BCUT2D eigenvalue weighted by molar-refractivity contribution is -0.385. The number of rotatable bonds is 6. The number of hydrogen-bond acceptors (Lipinski definition) is 7. The van der Waals surface area contributed by atoms with E-state index in [2.05, 4.69) is 15.5 Å². The lowest BCUT2D eigenvalue weighted by atomic mass is 10.2. The number of hydrogen-bond donors (Lipinski definition) is 1. The second-order valence-corrected chi connectivity index (χ2v) is 4.94. The summed E-state index contributed by atoms with van der Waals surface area (Å²) in [5.74, 6) is 0.253. The van der Waals surface area contributed by atoms with Gasteiger partial charge in [-0.05, 0) is 26.0 Å². The van der Waals surface area contributed by atoms with Crippen LogP contribution in [0.3, 0.4) is 0 Å². The first-order valence-corrected chi connectivity index (χ1v) is 7.10. The molecule has 2 aromatic rings. The predicted molar refractivity (Wildman–Crippen MR) is 82.3 cm³/mol. The van der Waals surface area contributed by atoms with Crippen LogP contribution in [0.25, 0.3) is 0 Å². The van der Waals surface area contributed by atoms with Gasteiger partial charge in [-0.25, -0.2) is 4.98 Å². The summed E-state index contributed by atoms with van der Waals surface area (Å²) in [5.41, 5.74) is 4.21. The van der Waals surface area contributed by atoms with E-state index in [1.807, 2.05) is 12.3 Å². The number of benzene rings is 1. The van der Waals surface area contributed by atoms with Crippen molar-refractivity contribution >= 4 is 28.4 Å². The van der Waals surface area contributed by atoms with Crippen LogP contribution in [0.4, 0.5) is 10.8 Å². The number of nitrogens with one attached hydrogen (secondary N) is 1. The maximum absolute atomic E-state index is 11.0. The Morgan fingerprint density at radius 2 is 2.38 bits per heavy atom. The summed E-state index contributed by atoms with van der Waals surface area (Å²) in [5, 5.41) is 17.6. The summed E-state index contributed by atoms with van der Waals surface area (Å²) in [7, 11) is 0. The lowest BCUT2D eigenvalue weighted by Crippen LogP contribution is -1.99. The van der Waals surface area contributed by atoms with E-state index in [0.29, 0.717) is 17.3 Å². The summed E-state index contributed by atoms with van der Waals surface area (Å²) >= 11 is 1.44. The first-order valence-electron chi connectivity index (χ1n) is 6.22. The van der Waals surface area contributed by atoms with E-state index >= 15 is 0 Å². The Morgan fingerprint density at radius 3 is 3.00 bits per heavy atom. The monoisotopic (exact) mass is 306 g/mol. The normalized spacial score (nSPS) is 10.8. The zero-order valence-corrected chi connectivity index (χ0v) is 12.4. The van der Waals surface area contributed by atoms with E-state index < -0.39 is 4.92 Å². The Hall–Kier alpha value is -2.48. The Balaban J connectivity index is 2.12. The minimum absolute atomic E-state index is 0.0779. The number of aromatic nitrogens is 1. The van der Waals surface area contributed by atoms with Crippen LogP contribution in [-0.2, 0) is 0 Å². The highest BCUT2D eigenvalue weighted by Crippen LogP contribution is 2.27. The molecule has 0 saturated heterocycles. The smallest absolute Gasteiger partial charge is 0.311 e. The third-order valence-corrected chi connectivity index (χ3v) is 3.34. The Morgan fingerprint density at radius 1 is 1.57 bits per heavy atom. The van der Waals surface area contributed by atoms with Crippen LogP contribution in [0.15, 0.2) is 28.7 Å². The van der Waals surface area contributed by atoms with Crippen LogP contribution < -0.4 is 10.2 Å². The standard InChI is InChI=1S/C13H14N4O3S/c1-3-20-12-5-4-10(6-11(12)17(18)19)7-14-16-13-15-9(2)8-21-13/h4-8H,3H2,1-2H3,(H,15,16)/b14-7-. The van der Waals surface area contributed by atoms with E-state index in [1.165, 1.54) is 23.6 Å². The van der Waals surface area contributed by atoms with Gasteiger partial charge < -0.3 is 4.74 Å². The molecule has 0 aliphatic rings. The molecule has 7 nitrogen and oxygen atoms in total. The molecule has 0 amide bonds. The van der Waals surface area contributed by atoms with Crippen LogP contribution in [-0.4, -0.2) is 22.7 Å². The number of aryl methyl sites for hydroxylation is 1. The fraction of sp³-hybridized carbons (Fsp3) is 0.231. The average molecular weight is 306 g/mol. The molecule has 0 radical (unpaired) electrons. The fourth-order valence-corrected chi connectivity index (χ4v) is 2.24. The molecule has 110 valence electrons. The topological polar surface area (TPSA) is 89.7 Å². The largest absolute Gasteiger partial charge is 0.487 e. The number of hydrazone groups is 1. The van der Waals surface area contributed by atoms with Gasteiger partial charge in [0.05, 0.1) is 23.4 Å². The molecule has 21 heavy (non-hydrogen) atoms. The molecule has 1 aromatic heterocycles. The van der Waals surface area contributed by atoms with Crippen LogP contribution >= 0.6 is 11.3 Å². The SMILES string of the molecule is CCOc1ccc(/C=N\Nc2nc(C)cs2)cc1[N+](=O)[O-]. The van der Waals surface area contributed by atoms with Crippen molar-refractivity contribution in [2.75, 3.05) is 12.0 Å². The van der Waals surface area contributed by atoms with E-state index in [0.717, 1.165) is 5.69 Å². The Labute approximate surface area is 125 Å². The van der Waals surface area contributed by atoms with Crippen molar-refractivity contribution in [2.45, 2.75) is 13.8 Å².